The van der Waals surface area contributed by atoms with Crippen molar-refractivity contribution in [1.82, 2.24) is 4.90 Å². The molecule has 2 aromatic rings. The summed E-state index contributed by atoms with van der Waals surface area (Å²) in [5.74, 6) is -1.18. The van der Waals surface area contributed by atoms with Crippen LogP contribution in [-0.2, 0) is 14.8 Å². The van der Waals surface area contributed by atoms with Gasteiger partial charge in [-0.3, -0.25) is 19.2 Å². The van der Waals surface area contributed by atoms with Crippen LogP contribution in [-0.4, -0.2) is 50.0 Å². The van der Waals surface area contributed by atoms with Crippen LogP contribution in [0.25, 0.3) is 11.6 Å². The Hall–Kier alpha value is -2.91. The number of benzene rings is 1. The fourth-order valence-electron chi connectivity index (χ4n) is 4.69. The first-order chi connectivity index (χ1) is 18.6. The molecular formula is C30H42N2O6S. The van der Waals surface area contributed by atoms with Crippen molar-refractivity contribution in [2.75, 3.05) is 23.6 Å². The van der Waals surface area contributed by atoms with Gasteiger partial charge in [-0.1, -0.05) is 77.8 Å². The number of carbonyl (C=O) groups is 2. The number of ketones is 2. The van der Waals surface area contributed by atoms with Gasteiger partial charge in [0.25, 0.3) is 0 Å². The van der Waals surface area contributed by atoms with Gasteiger partial charge in [0.1, 0.15) is 11.1 Å². The number of sulfonamides is 1. The van der Waals surface area contributed by atoms with E-state index in [1.54, 1.807) is 36.4 Å². The molecule has 0 bridgehead atoms. The first kappa shape index (κ1) is 30.6. The van der Waals surface area contributed by atoms with Gasteiger partial charge in [0.15, 0.2) is 17.8 Å². The Morgan fingerprint density at radius 1 is 1.08 bits per heavy atom. The Balaban J connectivity index is 2.20. The van der Waals surface area contributed by atoms with Gasteiger partial charge in [-0.25, -0.2) is 8.42 Å². The van der Waals surface area contributed by atoms with E-state index in [4.69, 9.17) is 9.15 Å². The SMILES string of the molecule is CCCCN(CCCC)C(CC)Oc1oc2c(c1NS(=O)(=O)CC(C)C)=C(C(=O)c1ccccc1)C(=O)CC=2. The number of ether oxygens (including phenoxy) is 1. The van der Waals surface area contributed by atoms with Crippen LogP contribution in [0.3, 0.4) is 0 Å². The second-order valence-corrected chi connectivity index (χ2v) is 12.2. The minimum absolute atomic E-state index is 0.0126. The van der Waals surface area contributed by atoms with Gasteiger partial charge in [0, 0.05) is 25.1 Å². The maximum Gasteiger partial charge on any atom is 0.312 e. The Kier molecular flexibility index (Phi) is 10.9. The second-order valence-electron chi connectivity index (χ2n) is 10.4. The fraction of sp³-hybridized carbons (Fsp3) is 0.533. The van der Waals surface area contributed by atoms with Gasteiger partial charge in [0.05, 0.1) is 16.5 Å². The van der Waals surface area contributed by atoms with Crippen LogP contribution in [0.15, 0.2) is 34.7 Å². The Bertz CT molecular complexity index is 1350. The highest BCUT2D eigenvalue weighted by Gasteiger charge is 2.31. The van der Waals surface area contributed by atoms with E-state index >= 15 is 0 Å². The van der Waals surface area contributed by atoms with Crippen LogP contribution in [0.5, 0.6) is 5.95 Å². The van der Waals surface area contributed by atoms with Crippen molar-refractivity contribution in [3.63, 3.8) is 0 Å². The molecule has 0 spiro atoms. The highest BCUT2D eigenvalue weighted by molar-refractivity contribution is 7.92. The molecule has 1 N–H and O–H groups in total. The number of hydrogen-bond donors (Lipinski definition) is 1. The largest absolute Gasteiger partial charge is 0.444 e. The summed E-state index contributed by atoms with van der Waals surface area (Å²) in [5.41, 5.74) is 0.514. The number of unbranched alkanes of at least 4 members (excludes halogenated alkanes) is 2. The van der Waals surface area contributed by atoms with Crippen LogP contribution in [0.1, 0.15) is 83.5 Å². The van der Waals surface area contributed by atoms with Gasteiger partial charge < -0.3 is 9.15 Å². The number of carbonyl (C=O) groups excluding carboxylic acids is 2. The summed E-state index contributed by atoms with van der Waals surface area (Å²) in [6, 6.07) is 8.49. The van der Waals surface area contributed by atoms with Gasteiger partial charge in [-0.2, -0.15) is 0 Å². The van der Waals surface area contributed by atoms with E-state index in [9.17, 15) is 18.0 Å². The van der Waals surface area contributed by atoms with Crippen molar-refractivity contribution in [3.05, 3.63) is 46.5 Å². The molecule has 0 fully saturated rings. The zero-order chi connectivity index (χ0) is 28.6. The van der Waals surface area contributed by atoms with Crippen molar-refractivity contribution in [1.29, 1.82) is 0 Å². The highest BCUT2D eigenvalue weighted by Crippen LogP contribution is 2.27. The molecule has 1 aliphatic rings. The Morgan fingerprint density at radius 2 is 1.72 bits per heavy atom. The lowest BCUT2D eigenvalue weighted by atomic mass is 9.93. The summed E-state index contributed by atoms with van der Waals surface area (Å²) in [7, 11) is -3.84. The molecule has 1 atom stereocenters. The number of Topliss-reactive ketones (excluding diaryl/α,β-unsaturated/α-hetero) is 2. The van der Waals surface area contributed by atoms with Crippen LogP contribution >= 0.6 is 0 Å². The molecule has 3 rings (SSSR count). The number of fused-ring (bicyclic) bond motifs is 1. The number of hydrogen-bond acceptors (Lipinski definition) is 7. The van der Waals surface area contributed by atoms with Crippen LogP contribution in [0.4, 0.5) is 5.69 Å². The fourth-order valence-corrected chi connectivity index (χ4v) is 6.15. The van der Waals surface area contributed by atoms with Crippen LogP contribution in [0.2, 0.25) is 0 Å². The summed E-state index contributed by atoms with van der Waals surface area (Å²) in [5, 5.41) is 0.144. The smallest absolute Gasteiger partial charge is 0.312 e. The Morgan fingerprint density at radius 3 is 2.28 bits per heavy atom. The summed E-state index contributed by atoms with van der Waals surface area (Å²) in [6.07, 6.45) is 5.89. The molecule has 1 heterocycles. The van der Waals surface area contributed by atoms with E-state index < -0.39 is 21.6 Å². The maximum atomic E-state index is 13.6. The summed E-state index contributed by atoms with van der Waals surface area (Å²) < 4.78 is 41.4. The molecule has 8 nitrogen and oxygen atoms in total. The van der Waals surface area contributed by atoms with Gasteiger partial charge in [-0.15, -0.1) is 0 Å². The average molecular weight is 559 g/mol. The first-order valence-electron chi connectivity index (χ1n) is 14.0. The summed E-state index contributed by atoms with van der Waals surface area (Å²) in [6.45, 7) is 11.6. The molecule has 0 radical (unpaired) electrons. The molecule has 214 valence electrons. The van der Waals surface area contributed by atoms with Crippen molar-refractivity contribution in [3.8, 4) is 5.95 Å². The van der Waals surface area contributed by atoms with Gasteiger partial charge >= 0.3 is 5.95 Å². The molecule has 0 aliphatic heterocycles. The molecule has 9 heteroatoms. The van der Waals surface area contributed by atoms with Crippen molar-refractivity contribution < 1.29 is 27.2 Å². The topological polar surface area (TPSA) is 106 Å². The van der Waals surface area contributed by atoms with Gasteiger partial charge in [-0.05, 0) is 31.3 Å². The summed E-state index contributed by atoms with van der Waals surface area (Å²) in [4.78, 5) is 28.9. The van der Waals surface area contributed by atoms with Crippen molar-refractivity contribution in [2.45, 2.75) is 79.4 Å². The lowest BCUT2D eigenvalue weighted by Crippen LogP contribution is -2.40. The molecule has 0 amide bonds. The number of nitrogens with zero attached hydrogens (tertiary/aromatic N) is 1. The normalized spacial score (nSPS) is 14.3. The number of furan rings is 1. The lowest BCUT2D eigenvalue weighted by molar-refractivity contribution is -0.112. The quantitative estimate of drug-likeness (QED) is 0.239. The number of rotatable bonds is 16. The van der Waals surface area contributed by atoms with Crippen molar-refractivity contribution >= 4 is 38.9 Å². The third kappa shape index (κ3) is 7.82. The maximum absolute atomic E-state index is 13.6. The predicted molar refractivity (Wildman–Crippen MR) is 155 cm³/mol. The van der Waals surface area contributed by atoms with E-state index in [1.807, 2.05) is 20.8 Å². The second kappa shape index (κ2) is 13.9. The van der Waals surface area contributed by atoms with Crippen LogP contribution in [0, 0.1) is 5.92 Å². The minimum Gasteiger partial charge on any atom is -0.444 e. The Labute approximate surface area is 232 Å². The molecule has 39 heavy (non-hydrogen) atoms. The predicted octanol–water partition coefficient (Wildman–Crippen LogP) is 4.48. The monoisotopic (exact) mass is 558 g/mol. The molecule has 1 aliphatic carbocycles. The first-order valence-corrected chi connectivity index (χ1v) is 15.7. The average Bonchev–Trinajstić information content (AvgIpc) is 3.23. The zero-order valence-corrected chi connectivity index (χ0v) is 24.6. The molecule has 0 saturated carbocycles. The van der Waals surface area contributed by atoms with E-state index in [0.717, 1.165) is 38.8 Å². The standard InChI is InChI=1S/C30H42N2O6S/c1-6-9-18-32(19-10-7-2)25(8-3)38-30-28(31-39(35,36)20-21(4)5)27-24(37-30)17-16-23(33)26(27)29(34)22-14-12-11-13-15-22/h11-15,17,21,25,31H,6-10,16,18-20H2,1-5H3. The number of nitrogens with one attached hydrogen (secondary N) is 1. The number of anilines is 1. The van der Waals surface area contributed by atoms with E-state index in [-0.39, 0.29) is 52.2 Å². The van der Waals surface area contributed by atoms with Gasteiger partial charge in [0.2, 0.25) is 10.0 Å². The molecule has 1 aromatic carbocycles. The zero-order valence-electron chi connectivity index (χ0n) is 23.8. The lowest BCUT2D eigenvalue weighted by Gasteiger charge is -2.30. The molecule has 0 saturated heterocycles. The molecule has 1 aromatic heterocycles. The van der Waals surface area contributed by atoms with E-state index in [0.29, 0.717) is 12.0 Å². The summed E-state index contributed by atoms with van der Waals surface area (Å²) >= 11 is 0. The third-order valence-electron chi connectivity index (χ3n) is 6.58. The van der Waals surface area contributed by atoms with E-state index in [2.05, 4.69) is 23.5 Å². The van der Waals surface area contributed by atoms with Crippen LogP contribution < -0.4 is 20.1 Å². The van der Waals surface area contributed by atoms with E-state index in [1.165, 1.54) is 0 Å². The molecule has 1 unspecified atom stereocenters. The third-order valence-corrected chi connectivity index (χ3v) is 8.20. The van der Waals surface area contributed by atoms with Crippen molar-refractivity contribution in [2.24, 2.45) is 5.92 Å². The molecular weight excluding hydrogens is 516 g/mol. The highest BCUT2D eigenvalue weighted by atomic mass is 32.2. The minimum atomic E-state index is -3.84.